The van der Waals surface area contributed by atoms with E-state index in [1.54, 1.807) is 6.92 Å². The summed E-state index contributed by atoms with van der Waals surface area (Å²) in [6.07, 6.45) is 1.04. The second kappa shape index (κ2) is 8.71. The lowest BCUT2D eigenvalue weighted by Crippen LogP contribution is -2.19. The molecule has 0 heterocycles. The van der Waals surface area contributed by atoms with E-state index in [0.717, 1.165) is 50.3 Å². The van der Waals surface area contributed by atoms with Gasteiger partial charge in [-0.05, 0) is 36.1 Å². The minimum absolute atomic E-state index is 0.155. The molecule has 1 unspecified atom stereocenters. The Labute approximate surface area is 141 Å². The molecule has 0 aliphatic rings. The monoisotopic (exact) mass is 367 g/mol. The van der Waals surface area contributed by atoms with Crippen LogP contribution in [-0.4, -0.2) is 14.8 Å². The predicted octanol–water partition coefficient (Wildman–Crippen LogP) is 4.70. The Bertz CT molecular complexity index is 630. The second-order valence-electron chi connectivity index (χ2n) is 5.90. The molecule has 0 saturated carbocycles. The highest BCUT2D eigenvalue weighted by molar-refractivity contribution is 7.89. The largest absolute Gasteiger partial charge is 0.573 e. The van der Waals surface area contributed by atoms with Crippen LogP contribution in [0.5, 0.6) is 5.75 Å². The van der Waals surface area contributed by atoms with Crippen molar-refractivity contribution >= 4 is 10.0 Å². The number of sulfonamides is 1. The molecule has 0 aliphatic heterocycles. The van der Waals surface area contributed by atoms with E-state index in [4.69, 9.17) is 5.14 Å². The van der Waals surface area contributed by atoms with Crippen molar-refractivity contribution in [2.75, 3.05) is 0 Å². The van der Waals surface area contributed by atoms with Gasteiger partial charge in [0.2, 0.25) is 10.0 Å². The summed E-state index contributed by atoms with van der Waals surface area (Å²) in [6, 6.07) is 3.15. The molecule has 138 valence electrons. The standard InChI is InChI=1S/C16H24F3NO3S/c1-3-4-5-6-7-8-12(2)14-11-13(23-16(17,18)19)9-10-15(14)24(20,21)22/h9-12H,3-8H2,1-2H3,(H2,20,21,22). The van der Waals surface area contributed by atoms with E-state index >= 15 is 0 Å². The first-order valence-corrected chi connectivity index (χ1v) is 9.51. The zero-order chi connectivity index (χ0) is 18.4. The van der Waals surface area contributed by atoms with E-state index in [1.165, 1.54) is 0 Å². The summed E-state index contributed by atoms with van der Waals surface area (Å²) in [5.41, 5.74) is 0.259. The van der Waals surface area contributed by atoms with Crippen molar-refractivity contribution in [3.05, 3.63) is 23.8 Å². The van der Waals surface area contributed by atoms with Crippen LogP contribution in [0.4, 0.5) is 13.2 Å². The molecule has 0 fully saturated rings. The summed E-state index contributed by atoms with van der Waals surface area (Å²) < 4.78 is 64.3. The number of hydrogen-bond donors (Lipinski definition) is 1. The summed E-state index contributed by atoms with van der Waals surface area (Å²) in [5.74, 6) is -0.681. The SMILES string of the molecule is CCCCCCCC(C)c1cc(OC(F)(F)F)ccc1S(N)(=O)=O. The molecule has 1 aromatic carbocycles. The van der Waals surface area contributed by atoms with E-state index in [2.05, 4.69) is 11.7 Å². The third-order valence-electron chi connectivity index (χ3n) is 3.79. The van der Waals surface area contributed by atoms with Crippen LogP contribution in [0.25, 0.3) is 0 Å². The molecular weight excluding hydrogens is 343 g/mol. The van der Waals surface area contributed by atoms with Crippen molar-refractivity contribution < 1.29 is 26.3 Å². The van der Waals surface area contributed by atoms with Gasteiger partial charge in [0.05, 0.1) is 4.90 Å². The lowest BCUT2D eigenvalue weighted by Gasteiger charge is -2.17. The highest BCUT2D eigenvalue weighted by Gasteiger charge is 2.32. The fraction of sp³-hybridized carbons (Fsp3) is 0.625. The molecule has 4 nitrogen and oxygen atoms in total. The summed E-state index contributed by atoms with van der Waals surface area (Å²) >= 11 is 0. The van der Waals surface area contributed by atoms with Gasteiger partial charge in [-0.2, -0.15) is 0 Å². The lowest BCUT2D eigenvalue weighted by atomic mass is 9.94. The zero-order valence-electron chi connectivity index (χ0n) is 13.9. The normalized spacial score (nSPS) is 13.8. The van der Waals surface area contributed by atoms with Gasteiger partial charge in [-0.25, -0.2) is 13.6 Å². The molecule has 1 rings (SSSR count). The quantitative estimate of drug-likeness (QED) is 0.643. The lowest BCUT2D eigenvalue weighted by molar-refractivity contribution is -0.274. The Morgan fingerprint density at radius 2 is 1.79 bits per heavy atom. The number of benzene rings is 1. The van der Waals surface area contributed by atoms with Gasteiger partial charge in [0, 0.05) is 0 Å². The van der Waals surface area contributed by atoms with Gasteiger partial charge in [0.25, 0.3) is 0 Å². The van der Waals surface area contributed by atoms with Gasteiger partial charge in [0.15, 0.2) is 0 Å². The second-order valence-corrected chi connectivity index (χ2v) is 7.43. The van der Waals surface area contributed by atoms with Gasteiger partial charge in [-0.1, -0.05) is 46.0 Å². The van der Waals surface area contributed by atoms with E-state index in [9.17, 15) is 21.6 Å². The van der Waals surface area contributed by atoms with E-state index in [1.807, 2.05) is 0 Å². The summed E-state index contributed by atoms with van der Waals surface area (Å²) in [4.78, 5) is -0.155. The smallest absolute Gasteiger partial charge is 0.406 e. The summed E-state index contributed by atoms with van der Waals surface area (Å²) in [5, 5.41) is 5.18. The maximum Gasteiger partial charge on any atom is 0.573 e. The molecule has 8 heteroatoms. The number of halogens is 3. The van der Waals surface area contributed by atoms with Crippen LogP contribution in [0.15, 0.2) is 23.1 Å². The van der Waals surface area contributed by atoms with Crippen molar-refractivity contribution in [1.82, 2.24) is 0 Å². The number of unbranched alkanes of at least 4 members (excludes halogenated alkanes) is 4. The van der Waals surface area contributed by atoms with Crippen LogP contribution >= 0.6 is 0 Å². The van der Waals surface area contributed by atoms with Crippen molar-refractivity contribution in [3.63, 3.8) is 0 Å². The first kappa shape index (κ1) is 20.8. The van der Waals surface area contributed by atoms with Crippen LogP contribution in [0.1, 0.15) is 63.9 Å². The number of alkyl halides is 3. The fourth-order valence-electron chi connectivity index (χ4n) is 2.58. The molecule has 0 aromatic heterocycles. The molecular formula is C16H24F3NO3S. The Hall–Kier alpha value is -1.28. The van der Waals surface area contributed by atoms with Crippen LogP contribution in [0.2, 0.25) is 0 Å². The highest BCUT2D eigenvalue weighted by Crippen LogP contribution is 2.33. The molecule has 1 atom stereocenters. The third-order valence-corrected chi connectivity index (χ3v) is 4.78. The number of rotatable bonds is 9. The van der Waals surface area contributed by atoms with Crippen molar-refractivity contribution in [2.24, 2.45) is 5.14 Å². The first-order chi connectivity index (χ1) is 11.0. The average Bonchev–Trinajstić information content (AvgIpc) is 2.43. The maximum atomic E-state index is 12.4. The third kappa shape index (κ3) is 7.09. The Kier molecular flexibility index (Phi) is 7.54. The topological polar surface area (TPSA) is 69.4 Å². The highest BCUT2D eigenvalue weighted by atomic mass is 32.2. The molecule has 0 radical (unpaired) electrons. The van der Waals surface area contributed by atoms with Gasteiger partial charge >= 0.3 is 6.36 Å². The first-order valence-electron chi connectivity index (χ1n) is 7.97. The Morgan fingerprint density at radius 3 is 2.33 bits per heavy atom. The molecule has 0 saturated heterocycles. The van der Waals surface area contributed by atoms with Gasteiger partial charge in [-0.3, -0.25) is 0 Å². The van der Waals surface area contributed by atoms with Crippen LogP contribution in [-0.2, 0) is 10.0 Å². The van der Waals surface area contributed by atoms with Crippen molar-refractivity contribution in [2.45, 2.75) is 69.5 Å². The Morgan fingerprint density at radius 1 is 1.17 bits per heavy atom. The molecule has 0 bridgehead atoms. The van der Waals surface area contributed by atoms with E-state index < -0.39 is 22.1 Å². The minimum atomic E-state index is -4.83. The molecule has 0 aliphatic carbocycles. The molecule has 0 amide bonds. The maximum absolute atomic E-state index is 12.4. The summed E-state index contributed by atoms with van der Waals surface area (Å²) in [6.45, 7) is 3.88. The minimum Gasteiger partial charge on any atom is -0.406 e. The van der Waals surface area contributed by atoms with Crippen molar-refractivity contribution in [1.29, 1.82) is 0 Å². The fourth-order valence-corrected chi connectivity index (χ4v) is 3.42. The van der Waals surface area contributed by atoms with Crippen LogP contribution in [0, 0.1) is 0 Å². The van der Waals surface area contributed by atoms with Gasteiger partial charge in [0.1, 0.15) is 5.75 Å². The predicted molar refractivity (Wildman–Crippen MR) is 86.3 cm³/mol. The van der Waals surface area contributed by atoms with Gasteiger partial charge < -0.3 is 4.74 Å². The van der Waals surface area contributed by atoms with E-state index in [-0.39, 0.29) is 16.4 Å². The summed E-state index contributed by atoms with van der Waals surface area (Å²) in [7, 11) is -4.01. The van der Waals surface area contributed by atoms with Crippen LogP contribution in [0.3, 0.4) is 0 Å². The van der Waals surface area contributed by atoms with Crippen molar-refractivity contribution in [3.8, 4) is 5.75 Å². The average molecular weight is 367 g/mol. The number of primary sulfonamides is 1. The molecule has 0 spiro atoms. The van der Waals surface area contributed by atoms with Crippen LogP contribution < -0.4 is 9.88 Å². The molecule has 24 heavy (non-hydrogen) atoms. The van der Waals surface area contributed by atoms with E-state index in [0.29, 0.717) is 6.42 Å². The Balaban J connectivity index is 2.96. The number of hydrogen-bond acceptors (Lipinski definition) is 3. The number of ether oxygens (including phenoxy) is 1. The van der Waals surface area contributed by atoms with Gasteiger partial charge in [-0.15, -0.1) is 13.2 Å². The zero-order valence-corrected chi connectivity index (χ0v) is 14.7. The number of nitrogens with two attached hydrogens (primary N) is 1. The molecule has 1 aromatic rings. The molecule has 2 N–H and O–H groups in total.